The SMILES string of the molecule is COc1ccc2c(O)c3c(=O)[nH][nH]c(=O)c3nc2c1. The van der Waals surface area contributed by atoms with Crippen molar-refractivity contribution in [2.45, 2.75) is 0 Å². The number of aromatic amines is 2. The van der Waals surface area contributed by atoms with Crippen LogP contribution in [-0.2, 0) is 0 Å². The van der Waals surface area contributed by atoms with Crippen molar-refractivity contribution in [2.24, 2.45) is 0 Å². The first-order valence-corrected chi connectivity index (χ1v) is 5.43. The lowest BCUT2D eigenvalue weighted by Crippen LogP contribution is -2.20. The molecule has 0 bridgehead atoms. The Morgan fingerprint density at radius 2 is 1.95 bits per heavy atom. The normalized spacial score (nSPS) is 11.0. The van der Waals surface area contributed by atoms with Crippen LogP contribution < -0.4 is 15.9 Å². The van der Waals surface area contributed by atoms with Crippen molar-refractivity contribution in [1.82, 2.24) is 15.2 Å². The Morgan fingerprint density at radius 3 is 2.68 bits per heavy atom. The number of benzene rings is 1. The molecule has 19 heavy (non-hydrogen) atoms. The first-order chi connectivity index (χ1) is 9.11. The Balaban J connectivity index is 2.59. The second-order valence-electron chi connectivity index (χ2n) is 3.98. The molecule has 3 N–H and O–H groups in total. The van der Waals surface area contributed by atoms with E-state index in [1.54, 1.807) is 18.2 Å². The number of fused-ring (bicyclic) bond motifs is 2. The van der Waals surface area contributed by atoms with Gasteiger partial charge in [-0.1, -0.05) is 0 Å². The van der Waals surface area contributed by atoms with Crippen molar-refractivity contribution < 1.29 is 9.84 Å². The molecule has 3 rings (SSSR count). The van der Waals surface area contributed by atoms with Gasteiger partial charge in [-0.2, -0.15) is 0 Å². The lowest BCUT2D eigenvalue weighted by Gasteiger charge is -2.05. The van der Waals surface area contributed by atoms with Gasteiger partial charge in [0.2, 0.25) is 0 Å². The number of methoxy groups -OCH3 is 1. The van der Waals surface area contributed by atoms with Gasteiger partial charge in [0.05, 0.1) is 12.6 Å². The van der Waals surface area contributed by atoms with Crippen LogP contribution in [0.4, 0.5) is 0 Å². The fourth-order valence-corrected chi connectivity index (χ4v) is 1.97. The minimum atomic E-state index is -0.600. The Kier molecular flexibility index (Phi) is 2.28. The molecule has 2 heterocycles. The van der Waals surface area contributed by atoms with Gasteiger partial charge >= 0.3 is 0 Å². The zero-order valence-corrected chi connectivity index (χ0v) is 9.85. The van der Waals surface area contributed by atoms with Crippen molar-refractivity contribution in [3.05, 3.63) is 38.9 Å². The predicted molar refractivity (Wildman–Crippen MR) is 68.7 cm³/mol. The molecule has 1 aromatic carbocycles. The number of rotatable bonds is 1. The van der Waals surface area contributed by atoms with Crippen LogP contribution in [-0.4, -0.2) is 27.4 Å². The van der Waals surface area contributed by atoms with E-state index in [0.717, 1.165) is 0 Å². The molecule has 0 aliphatic heterocycles. The summed E-state index contributed by atoms with van der Waals surface area (Å²) in [6.07, 6.45) is 0. The van der Waals surface area contributed by atoms with Crippen LogP contribution >= 0.6 is 0 Å². The van der Waals surface area contributed by atoms with E-state index >= 15 is 0 Å². The highest BCUT2D eigenvalue weighted by Crippen LogP contribution is 2.30. The van der Waals surface area contributed by atoms with Gasteiger partial charge in [0.25, 0.3) is 11.1 Å². The van der Waals surface area contributed by atoms with Gasteiger partial charge in [0.1, 0.15) is 22.4 Å². The Bertz CT molecular complexity index is 910. The first-order valence-electron chi connectivity index (χ1n) is 5.43. The average molecular weight is 259 g/mol. The third kappa shape index (κ3) is 1.55. The van der Waals surface area contributed by atoms with Gasteiger partial charge in [-0.25, -0.2) is 4.98 Å². The maximum Gasteiger partial charge on any atom is 0.289 e. The summed E-state index contributed by atoms with van der Waals surface area (Å²) < 4.78 is 5.05. The van der Waals surface area contributed by atoms with Crippen LogP contribution in [0.3, 0.4) is 0 Å². The summed E-state index contributed by atoms with van der Waals surface area (Å²) in [5.74, 6) is 0.273. The Hall–Kier alpha value is -2.83. The van der Waals surface area contributed by atoms with Gasteiger partial charge in [-0.05, 0) is 12.1 Å². The van der Waals surface area contributed by atoms with Gasteiger partial charge in [0, 0.05) is 11.5 Å². The van der Waals surface area contributed by atoms with E-state index in [4.69, 9.17) is 4.74 Å². The monoisotopic (exact) mass is 259 g/mol. The zero-order valence-electron chi connectivity index (χ0n) is 9.85. The highest BCUT2D eigenvalue weighted by atomic mass is 16.5. The highest BCUT2D eigenvalue weighted by molar-refractivity contribution is 6.00. The number of nitrogens with one attached hydrogen (secondary N) is 2. The second kappa shape index (κ2) is 3.84. The topological polar surface area (TPSA) is 108 Å². The molecular formula is C12H9N3O4. The van der Waals surface area contributed by atoms with Gasteiger partial charge in [-0.3, -0.25) is 19.8 Å². The molecule has 2 aromatic heterocycles. The number of hydrogen-bond acceptors (Lipinski definition) is 5. The number of ether oxygens (including phenoxy) is 1. The van der Waals surface area contributed by atoms with Crippen molar-refractivity contribution in [1.29, 1.82) is 0 Å². The largest absolute Gasteiger partial charge is 0.506 e. The van der Waals surface area contributed by atoms with E-state index in [1.165, 1.54) is 7.11 Å². The van der Waals surface area contributed by atoms with E-state index in [0.29, 0.717) is 16.7 Å². The lowest BCUT2D eigenvalue weighted by atomic mass is 10.1. The van der Waals surface area contributed by atoms with Crippen LogP contribution in [0.2, 0.25) is 0 Å². The Labute approximate surface area is 105 Å². The van der Waals surface area contributed by atoms with E-state index in [2.05, 4.69) is 15.2 Å². The average Bonchev–Trinajstić information content (AvgIpc) is 2.42. The maximum atomic E-state index is 11.7. The van der Waals surface area contributed by atoms with E-state index in [9.17, 15) is 14.7 Å². The molecule has 0 spiro atoms. The van der Waals surface area contributed by atoms with Crippen molar-refractivity contribution in [3.8, 4) is 11.5 Å². The van der Waals surface area contributed by atoms with Crippen molar-refractivity contribution in [2.75, 3.05) is 7.11 Å². The van der Waals surface area contributed by atoms with E-state index < -0.39 is 11.1 Å². The summed E-state index contributed by atoms with van der Waals surface area (Å²) in [6, 6.07) is 4.79. The molecule has 0 atom stereocenters. The molecule has 7 nitrogen and oxygen atoms in total. The Morgan fingerprint density at radius 1 is 1.21 bits per heavy atom. The van der Waals surface area contributed by atoms with Gasteiger partial charge in [-0.15, -0.1) is 0 Å². The standard InChI is InChI=1S/C12H9N3O4/c1-19-5-2-3-6-7(4-5)13-9-8(10(6)16)11(17)14-15-12(9)18/h2-4H,1H3,(H,13,16)(H,14,17)(H,15,18). The van der Waals surface area contributed by atoms with E-state index in [-0.39, 0.29) is 16.7 Å². The first kappa shape index (κ1) is 11.3. The van der Waals surface area contributed by atoms with Gasteiger partial charge in [0.15, 0.2) is 0 Å². The molecule has 0 aliphatic carbocycles. The summed E-state index contributed by atoms with van der Waals surface area (Å²) in [5.41, 5.74) is -0.908. The number of aromatic nitrogens is 3. The van der Waals surface area contributed by atoms with Crippen LogP contribution in [0.5, 0.6) is 11.5 Å². The number of nitrogens with zero attached hydrogens (tertiary/aromatic N) is 1. The molecule has 0 saturated carbocycles. The smallest absolute Gasteiger partial charge is 0.289 e. The fraction of sp³-hybridized carbons (Fsp3) is 0.0833. The molecule has 0 amide bonds. The van der Waals surface area contributed by atoms with Crippen molar-refractivity contribution >= 4 is 21.8 Å². The number of pyridine rings is 1. The number of aromatic hydroxyl groups is 1. The molecule has 7 heteroatoms. The maximum absolute atomic E-state index is 11.7. The molecule has 0 aliphatic rings. The number of hydrogen-bond donors (Lipinski definition) is 3. The molecule has 0 saturated heterocycles. The summed E-state index contributed by atoms with van der Waals surface area (Å²) in [7, 11) is 1.50. The number of H-pyrrole nitrogens is 2. The predicted octanol–water partition coefficient (Wildman–Crippen LogP) is 0.479. The summed E-state index contributed by atoms with van der Waals surface area (Å²) in [5, 5.41) is 14.7. The lowest BCUT2D eigenvalue weighted by molar-refractivity contribution is 0.415. The van der Waals surface area contributed by atoms with E-state index in [1.807, 2.05) is 0 Å². The van der Waals surface area contributed by atoms with Crippen LogP contribution in [0.15, 0.2) is 27.8 Å². The minimum absolute atomic E-state index is 0.109. The molecule has 0 fully saturated rings. The molecule has 0 radical (unpaired) electrons. The summed E-state index contributed by atoms with van der Waals surface area (Å²) in [4.78, 5) is 27.4. The highest BCUT2D eigenvalue weighted by Gasteiger charge is 2.14. The molecule has 3 aromatic rings. The van der Waals surface area contributed by atoms with Crippen molar-refractivity contribution in [3.63, 3.8) is 0 Å². The third-order valence-electron chi connectivity index (χ3n) is 2.90. The fourth-order valence-electron chi connectivity index (χ4n) is 1.97. The quantitative estimate of drug-likeness (QED) is 0.551. The molecule has 96 valence electrons. The minimum Gasteiger partial charge on any atom is -0.506 e. The van der Waals surface area contributed by atoms with Crippen LogP contribution in [0.1, 0.15) is 0 Å². The van der Waals surface area contributed by atoms with Crippen LogP contribution in [0, 0.1) is 0 Å². The summed E-state index contributed by atoms with van der Waals surface area (Å²) in [6.45, 7) is 0. The third-order valence-corrected chi connectivity index (χ3v) is 2.90. The molecule has 0 unspecified atom stereocenters. The second-order valence-corrected chi connectivity index (χ2v) is 3.98. The van der Waals surface area contributed by atoms with Gasteiger partial charge < -0.3 is 9.84 Å². The summed E-state index contributed by atoms with van der Waals surface area (Å²) >= 11 is 0. The van der Waals surface area contributed by atoms with Crippen LogP contribution in [0.25, 0.3) is 21.8 Å². The zero-order chi connectivity index (χ0) is 13.6. The molecular weight excluding hydrogens is 250 g/mol.